The van der Waals surface area contributed by atoms with E-state index in [1.807, 2.05) is 13.8 Å². The first-order valence-electron chi connectivity index (χ1n) is 5.35. The summed E-state index contributed by atoms with van der Waals surface area (Å²) in [7, 11) is 0. The molecule has 2 rings (SSSR count). The summed E-state index contributed by atoms with van der Waals surface area (Å²) < 4.78 is 1.51. The topological polar surface area (TPSA) is 86.5 Å². The lowest BCUT2D eigenvalue weighted by Gasteiger charge is -2.13. The average Bonchev–Trinajstić information content (AvgIpc) is 2.75. The Morgan fingerprint density at radius 1 is 1.65 bits per heavy atom. The van der Waals surface area contributed by atoms with Gasteiger partial charge in [-0.25, -0.2) is 0 Å². The van der Waals surface area contributed by atoms with Crippen LogP contribution in [-0.4, -0.2) is 20.3 Å². The van der Waals surface area contributed by atoms with Crippen LogP contribution in [0.4, 0.5) is 5.82 Å². The van der Waals surface area contributed by atoms with Gasteiger partial charge in [-0.2, -0.15) is 9.38 Å². The van der Waals surface area contributed by atoms with Gasteiger partial charge in [-0.3, -0.25) is 0 Å². The summed E-state index contributed by atoms with van der Waals surface area (Å²) in [6.45, 7) is 3.99. The van der Waals surface area contributed by atoms with Crippen molar-refractivity contribution in [1.29, 1.82) is 0 Å². The first-order chi connectivity index (χ1) is 8.00. The van der Waals surface area contributed by atoms with E-state index in [0.717, 1.165) is 0 Å². The number of hydrogen-bond acceptors (Lipinski definition) is 5. The van der Waals surface area contributed by atoms with E-state index < -0.39 is 4.92 Å². The van der Waals surface area contributed by atoms with E-state index in [9.17, 15) is 10.1 Å². The van der Waals surface area contributed by atoms with Gasteiger partial charge in [0.2, 0.25) is 0 Å². The van der Waals surface area contributed by atoms with Crippen molar-refractivity contribution in [2.75, 3.05) is 0 Å². The van der Waals surface area contributed by atoms with Gasteiger partial charge >= 0.3 is 5.82 Å². The molecular formula is C10H14N4O2S. The number of aromatic nitrogens is 2. The summed E-state index contributed by atoms with van der Waals surface area (Å²) in [6, 6.07) is -0.113. The van der Waals surface area contributed by atoms with Crippen molar-refractivity contribution in [2.45, 2.75) is 26.3 Å². The number of hydrogen-bond donors (Lipinski definition) is 1. The molecule has 17 heavy (non-hydrogen) atoms. The number of fused-ring (bicyclic) bond motifs is 1. The highest BCUT2D eigenvalue weighted by atomic mass is 32.1. The Morgan fingerprint density at radius 3 is 2.94 bits per heavy atom. The maximum Gasteiger partial charge on any atom is 0.351 e. The van der Waals surface area contributed by atoms with Gasteiger partial charge in [0, 0.05) is 17.8 Å². The summed E-state index contributed by atoms with van der Waals surface area (Å²) in [4.78, 5) is 15.6. The largest absolute Gasteiger partial charge is 0.358 e. The van der Waals surface area contributed by atoms with E-state index in [4.69, 9.17) is 5.73 Å². The van der Waals surface area contributed by atoms with Crippen LogP contribution in [0.5, 0.6) is 0 Å². The van der Waals surface area contributed by atoms with Crippen molar-refractivity contribution in [1.82, 2.24) is 9.38 Å². The Hall–Kier alpha value is -1.47. The molecule has 2 N–H and O–H groups in total. The van der Waals surface area contributed by atoms with E-state index in [1.54, 1.807) is 11.6 Å². The van der Waals surface area contributed by atoms with Crippen LogP contribution in [0.3, 0.4) is 0 Å². The van der Waals surface area contributed by atoms with E-state index in [1.165, 1.54) is 15.7 Å². The van der Waals surface area contributed by atoms with Crippen molar-refractivity contribution in [3.05, 3.63) is 27.4 Å². The monoisotopic (exact) mass is 254 g/mol. The second kappa shape index (κ2) is 4.42. The fraction of sp³-hybridized carbons (Fsp3) is 0.500. The summed E-state index contributed by atoms with van der Waals surface area (Å²) in [5.41, 5.74) is 6.41. The van der Waals surface area contributed by atoms with Gasteiger partial charge in [0.25, 0.3) is 4.96 Å². The van der Waals surface area contributed by atoms with Crippen LogP contribution in [-0.2, 0) is 6.42 Å². The molecule has 2 aromatic rings. The Labute approximate surface area is 102 Å². The van der Waals surface area contributed by atoms with E-state index in [0.29, 0.717) is 17.1 Å². The van der Waals surface area contributed by atoms with Crippen LogP contribution >= 0.6 is 11.3 Å². The molecule has 92 valence electrons. The number of nitrogens with zero attached hydrogens (tertiary/aromatic N) is 3. The minimum Gasteiger partial charge on any atom is -0.358 e. The summed E-state index contributed by atoms with van der Waals surface area (Å²) >= 11 is 1.38. The molecule has 0 bridgehead atoms. The molecule has 0 aromatic carbocycles. The first-order valence-corrected chi connectivity index (χ1v) is 6.23. The van der Waals surface area contributed by atoms with Gasteiger partial charge in [0.15, 0.2) is 0 Å². The van der Waals surface area contributed by atoms with Gasteiger partial charge in [-0.15, -0.1) is 0 Å². The van der Waals surface area contributed by atoms with Crippen LogP contribution in [0.15, 0.2) is 11.6 Å². The number of nitrogens with two attached hydrogens (primary N) is 1. The third kappa shape index (κ3) is 2.16. The number of rotatable bonds is 4. The van der Waals surface area contributed by atoms with Crippen molar-refractivity contribution in [3.8, 4) is 0 Å². The maximum atomic E-state index is 11.1. The van der Waals surface area contributed by atoms with Crippen molar-refractivity contribution < 1.29 is 4.92 Å². The molecule has 0 aliphatic heterocycles. The Bertz CT molecular complexity index is 545. The zero-order chi connectivity index (χ0) is 12.6. The smallest absolute Gasteiger partial charge is 0.351 e. The van der Waals surface area contributed by atoms with Gasteiger partial charge < -0.3 is 15.8 Å². The van der Waals surface area contributed by atoms with Crippen LogP contribution < -0.4 is 5.73 Å². The highest BCUT2D eigenvalue weighted by molar-refractivity contribution is 7.15. The number of thiazole rings is 1. The molecular weight excluding hydrogens is 240 g/mol. The zero-order valence-corrected chi connectivity index (χ0v) is 10.5. The molecule has 0 aliphatic carbocycles. The molecule has 0 aliphatic rings. The van der Waals surface area contributed by atoms with Gasteiger partial charge in [-0.1, -0.05) is 25.2 Å². The first kappa shape index (κ1) is 12.0. The fourth-order valence-corrected chi connectivity index (χ4v) is 2.34. The lowest BCUT2D eigenvalue weighted by Crippen LogP contribution is -2.29. The predicted molar refractivity (Wildman–Crippen MR) is 66.2 cm³/mol. The van der Waals surface area contributed by atoms with Crippen LogP contribution in [0.2, 0.25) is 0 Å². The molecule has 2 aromatic heterocycles. The normalized spacial score (nSPS) is 13.4. The van der Waals surface area contributed by atoms with E-state index in [-0.39, 0.29) is 17.8 Å². The van der Waals surface area contributed by atoms with Gasteiger partial charge in [-0.05, 0) is 10.8 Å². The third-order valence-corrected chi connectivity index (χ3v) is 3.52. The highest BCUT2D eigenvalue weighted by Crippen LogP contribution is 2.25. The standard InChI is InChI=1S/C10H14N4O2S/c1-6(2)7(11)5-8-9(14(15)16)13-3-4-17-10(13)12-8/h3-4,6-7H,5,11H2,1-2H3. The molecule has 1 unspecified atom stereocenters. The van der Waals surface area contributed by atoms with Crippen molar-refractivity contribution in [3.63, 3.8) is 0 Å². The molecule has 2 heterocycles. The molecule has 0 amide bonds. The summed E-state index contributed by atoms with van der Waals surface area (Å²) in [5, 5.41) is 12.8. The van der Waals surface area contributed by atoms with Crippen LogP contribution in [0.1, 0.15) is 19.5 Å². The molecule has 0 radical (unpaired) electrons. The number of nitro groups is 1. The molecule has 0 saturated heterocycles. The quantitative estimate of drug-likeness (QED) is 0.666. The fourth-order valence-electron chi connectivity index (χ4n) is 1.61. The molecule has 7 heteroatoms. The van der Waals surface area contributed by atoms with E-state index in [2.05, 4.69) is 4.98 Å². The lowest BCUT2D eigenvalue weighted by molar-refractivity contribution is -0.391. The second-order valence-corrected chi connectivity index (χ2v) is 5.18. The molecule has 6 nitrogen and oxygen atoms in total. The van der Waals surface area contributed by atoms with Gasteiger partial charge in [0.1, 0.15) is 11.9 Å². The SMILES string of the molecule is CC(C)C(N)Cc1nc2sccn2c1[N+](=O)[O-]. The zero-order valence-electron chi connectivity index (χ0n) is 9.66. The predicted octanol–water partition coefficient (Wildman–Crippen LogP) is 1.83. The van der Waals surface area contributed by atoms with Crippen molar-refractivity contribution in [2.24, 2.45) is 11.7 Å². The van der Waals surface area contributed by atoms with Gasteiger partial charge in [0.05, 0.1) is 0 Å². The summed E-state index contributed by atoms with van der Waals surface area (Å²) in [6.07, 6.45) is 2.10. The summed E-state index contributed by atoms with van der Waals surface area (Å²) in [5.74, 6) is 0.312. The Balaban J connectivity index is 2.42. The molecule has 0 spiro atoms. The minimum absolute atomic E-state index is 0.0392. The van der Waals surface area contributed by atoms with Crippen LogP contribution in [0, 0.1) is 16.0 Å². The average molecular weight is 254 g/mol. The number of imidazole rings is 1. The highest BCUT2D eigenvalue weighted by Gasteiger charge is 2.25. The van der Waals surface area contributed by atoms with Crippen molar-refractivity contribution >= 4 is 22.1 Å². The Morgan fingerprint density at radius 2 is 2.35 bits per heavy atom. The van der Waals surface area contributed by atoms with E-state index >= 15 is 0 Å². The maximum absolute atomic E-state index is 11.1. The second-order valence-electron chi connectivity index (χ2n) is 4.31. The molecule has 0 fully saturated rings. The molecule has 1 atom stereocenters. The molecule has 0 saturated carbocycles. The Kier molecular flexibility index (Phi) is 3.12. The minimum atomic E-state index is -0.394. The third-order valence-electron chi connectivity index (χ3n) is 2.76. The van der Waals surface area contributed by atoms with Crippen LogP contribution in [0.25, 0.3) is 4.96 Å². The lowest BCUT2D eigenvalue weighted by atomic mass is 10.0.